The third kappa shape index (κ3) is 6.36. The van der Waals surface area contributed by atoms with E-state index >= 15 is 0 Å². The van der Waals surface area contributed by atoms with E-state index in [9.17, 15) is 0 Å². The van der Waals surface area contributed by atoms with Crippen molar-refractivity contribution in [1.82, 2.24) is 0 Å². The Balaban J connectivity index is 2.03. The summed E-state index contributed by atoms with van der Waals surface area (Å²) >= 11 is 2.47. The van der Waals surface area contributed by atoms with Crippen LogP contribution < -0.4 is 0 Å². The molecule has 1 aliphatic carbocycles. The van der Waals surface area contributed by atoms with Crippen LogP contribution in [0.1, 0.15) is 38.5 Å². The predicted molar refractivity (Wildman–Crippen MR) is 78.0 cm³/mol. The second-order valence-corrected chi connectivity index (χ2v) is 5.45. The topological polar surface area (TPSA) is 27.7 Å². The fraction of sp³-hybridized carbons (Fsp3) is 1.00. The van der Waals surface area contributed by atoms with Gasteiger partial charge in [-0.1, -0.05) is 41.9 Å². The van der Waals surface area contributed by atoms with Crippen molar-refractivity contribution in [1.29, 1.82) is 0 Å². The normalized spacial score (nSPS) is 19.4. The number of rotatable bonds is 9. The van der Waals surface area contributed by atoms with Gasteiger partial charge in [0.1, 0.15) is 0 Å². The minimum absolute atomic E-state index is 0.172. The van der Waals surface area contributed by atoms with Crippen LogP contribution in [-0.2, 0) is 14.2 Å². The summed E-state index contributed by atoms with van der Waals surface area (Å²) < 4.78 is 17.6. The molecule has 0 bridgehead atoms. The molecule has 0 N–H and O–H groups in total. The first-order valence-electron chi connectivity index (χ1n) is 6.59. The van der Waals surface area contributed by atoms with Crippen LogP contribution in [-0.4, -0.2) is 43.6 Å². The molecule has 0 aliphatic heterocycles. The van der Waals surface area contributed by atoms with Crippen molar-refractivity contribution in [3.63, 3.8) is 0 Å². The van der Waals surface area contributed by atoms with Gasteiger partial charge < -0.3 is 14.2 Å². The number of ether oxygens (including phenoxy) is 3. The van der Waals surface area contributed by atoms with E-state index in [1.165, 1.54) is 32.1 Å². The first-order chi connectivity index (χ1) is 8.33. The van der Waals surface area contributed by atoms with Gasteiger partial charge in [-0.3, -0.25) is 0 Å². The van der Waals surface area contributed by atoms with Crippen molar-refractivity contribution in [3.05, 3.63) is 0 Å². The molecule has 4 heteroatoms. The van der Waals surface area contributed by atoms with Gasteiger partial charge in [-0.2, -0.15) is 0 Å². The third-order valence-corrected chi connectivity index (χ3v) is 4.67. The third-order valence-electron chi connectivity index (χ3n) is 3.28. The summed E-state index contributed by atoms with van der Waals surface area (Å²) in [7, 11) is 1.69. The number of alkyl halides is 1. The molecule has 0 unspecified atom stereocenters. The average Bonchev–Trinajstić information content (AvgIpc) is 2.39. The molecular formula is C13H25IO3. The molecule has 0 saturated heterocycles. The van der Waals surface area contributed by atoms with Gasteiger partial charge in [-0.25, -0.2) is 0 Å². The highest BCUT2D eigenvalue weighted by Gasteiger charge is 2.31. The number of hydrogen-bond donors (Lipinski definition) is 0. The van der Waals surface area contributed by atoms with Crippen LogP contribution in [0.25, 0.3) is 0 Å². The van der Waals surface area contributed by atoms with Crippen molar-refractivity contribution < 1.29 is 14.2 Å². The summed E-state index contributed by atoms with van der Waals surface area (Å²) in [5.74, 6) is 0. The lowest BCUT2D eigenvalue weighted by Crippen LogP contribution is -2.37. The molecule has 0 atom stereocenters. The van der Waals surface area contributed by atoms with Gasteiger partial charge in [0.15, 0.2) is 0 Å². The summed E-state index contributed by atoms with van der Waals surface area (Å²) in [5.41, 5.74) is 0.172. The summed E-state index contributed by atoms with van der Waals surface area (Å²) in [6.45, 7) is 2.98. The van der Waals surface area contributed by atoms with E-state index in [0.717, 1.165) is 24.1 Å². The molecule has 3 nitrogen and oxygen atoms in total. The Hall–Kier alpha value is 0.610. The van der Waals surface area contributed by atoms with Crippen molar-refractivity contribution in [3.8, 4) is 0 Å². The van der Waals surface area contributed by atoms with Crippen LogP contribution in [0, 0.1) is 0 Å². The lowest BCUT2D eigenvalue weighted by molar-refractivity contribution is -0.0576. The van der Waals surface area contributed by atoms with Gasteiger partial charge in [-0.05, 0) is 19.3 Å². The summed E-state index contributed by atoms with van der Waals surface area (Å²) in [6.07, 6.45) is 7.49. The number of hydrogen-bond acceptors (Lipinski definition) is 3. The highest BCUT2D eigenvalue weighted by atomic mass is 127. The van der Waals surface area contributed by atoms with E-state index in [1.54, 1.807) is 7.11 Å². The zero-order chi connectivity index (χ0) is 12.4. The van der Waals surface area contributed by atoms with Gasteiger partial charge in [0.2, 0.25) is 0 Å². The second-order valence-electron chi connectivity index (χ2n) is 4.68. The molecule has 0 aromatic carbocycles. The van der Waals surface area contributed by atoms with Crippen LogP contribution in [0.2, 0.25) is 0 Å². The zero-order valence-corrected chi connectivity index (χ0v) is 13.0. The average molecular weight is 356 g/mol. The first-order valence-corrected chi connectivity index (χ1v) is 8.12. The van der Waals surface area contributed by atoms with E-state index in [-0.39, 0.29) is 5.60 Å². The molecule has 0 heterocycles. The Kier molecular flexibility index (Phi) is 8.78. The molecular weight excluding hydrogens is 331 g/mol. The van der Waals surface area contributed by atoms with Crippen molar-refractivity contribution in [2.45, 2.75) is 44.1 Å². The van der Waals surface area contributed by atoms with Gasteiger partial charge in [-0.15, -0.1) is 0 Å². The lowest BCUT2D eigenvalue weighted by atomic mass is 9.86. The minimum Gasteiger partial charge on any atom is -0.382 e. The summed E-state index contributed by atoms with van der Waals surface area (Å²) in [4.78, 5) is 0. The molecule has 0 radical (unpaired) electrons. The van der Waals surface area contributed by atoms with Gasteiger partial charge in [0, 0.05) is 24.8 Å². The van der Waals surface area contributed by atoms with Crippen LogP contribution >= 0.6 is 22.6 Å². The smallest absolute Gasteiger partial charge is 0.0771 e. The van der Waals surface area contributed by atoms with E-state index in [0.29, 0.717) is 13.2 Å². The van der Waals surface area contributed by atoms with E-state index in [4.69, 9.17) is 14.2 Å². The molecule has 0 aromatic rings. The molecule has 17 heavy (non-hydrogen) atoms. The molecule has 102 valence electrons. The van der Waals surface area contributed by atoms with Gasteiger partial charge in [0.05, 0.1) is 18.8 Å². The fourth-order valence-electron chi connectivity index (χ4n) is 2.21. The Morgan fingerprint density at radius 2 is 1.76 bits per heavy atom. The zero-order valence-electron chi connectivity index (χ0n) is 10.9. The monoisotopic (exact) mass is 356 g/mol. The van der Waals surface area contributed by atoms with Crippen molar-refractivity contribution in [2.24, 2.45) is 0 Å². The van der Waals surface area contributed by atoms with Crippen LogP contribution in [0.5, 0.6) is 0 Å². The Morgan fingerprint density at radius 1 is 1.00 bits per heavy atom. The lowest BCUT2D eigenvalue weighted by Gasteiger charge is -2.35. The Bertz CT molecular complexity index is 182. The maximum Gasteiger partial charge on any atom is 0.0771 e. The van der Waals surface area contributed by atoms with Gasteiger partial charge >= 0.3 is 0 Å². The predicted octanol–water partition coefficient (Wildman–Crippen LogP) is 3.19. The molecule has 1 fully saturated rings. The van der Waals surface area contributed by atoms with E-state index < -0.39 is 0 Å². The number of methoxy groups -OCH3 is 1. The molecule has 1 rings (SSSR count). The molecule has 1 saturated carbocycles. The van der Waals surface area contributed by atoms with Gasteiger partial charge in [0.25, 0.3) is 0 Å². The maximum absolute atomic E-state index is 6.11. The molecule has 0 amide bonds. The van der Waals surface area contributed by atoms with Crippen LogP contribution in [0.4, 0.5) is 0 Å². The second kappa shape index (κ2) is 9.53. The van der Waals surface area contributed by atoms with Crippen molar-refractivity contribution >= 4 is 22.6 Å². The molecule has 0 spiro atoms. The molecule has 0 aromatic heterocycles. The summed E-state index contributed by atoms with van der Waals surface area (Å²) in [5, 5.41) is 0. The first kappa shape index (κ1) is 15.7. The molecule has 1 aliphatic rings. The Labute approximate surface area is 119 Å². The quantitative estimate of drug-likeness (QED) is 0.361. The Morgan fingerprint density at radius 3 is 2.41 bits per heavy atom. The van der Waals surface area contributed by atoms with E-state index in [2.05, 4.69) is 22.6 Å². The summed E-state index contributed by atoms with van der Waals surface area (Å²) in [6, 6.07) is 0. The maximum atomic E-state index is 6.11. The highest BCUT2D eigenvalue weighted by Crippen LogP contribution is 2.33. The van der Waals surface area contributed by atoms with Crippen molar-refractivity contribution in [2.75, 3.05) is 38.0 Å². The van der Waals surface area contributed by atoms with Crippen LogP contribution in [0.3, 0.4) is 0 Å². The highest BCUT2D eigenvalue weighted by molar-refractivity contribution is 14.1. The van der Waals surface area contributed by atoms with E-state index in [1.807, 2.05) is 0 Å². The SMILES string of the molecule is COCCOCCCOC1(CI)CCCCC1. The van der Waals surface area contributed by atoms with Crippen LogP contribution in [0.15, 0.2) is 0 Å². The number of halogens is 1. The standard InChI is InChI=1S/C13H25IO3/c1-15-10-11-16-8-5-9-17-13(12-14)6-3-2-4-7-13/h2-12H2,1H3. The fourth-order valence-corrected chi connectivity index (χ4v) is 3.19. The largest absolute Gasteiger partial charge is 0.382 e. The minimum atomic E-state index is 0.172.